The van der Waals surface area contributed by atoms with Crippen LogP contribution in [0.2, 0.25) is 18.1 Å². The van der Waals surface area contributed by atoms with Gasteiger partial charge in [0.1, 0.15) is 5.75 Å². The van der Waals surface area contributed by atoms with Crippen LogP contribution in [0.15, 0.2) is 42.5 Å². The molecule has 7 nitrogen and oxygen atoms in total. The molecule has 0 fully saturated rings. The number of rotatable bonds is 12. The number of aliphatic carboxylic acids is 1. The number of nitrogens with one attached hydrogen (secondary N) is 2. The zero-order chi connectivity index (χ0) is 25.5. The Hall–Kier alpha value is -2.68. The molecule has 2 aromatic carbocycles. The average molecular weight is 487 g/mol. The van der Waals surface area contributed by atoms with Crippen LogP contribution in [0, 0.1) is 0 Å². The maximum Gasteiger partial charge on any atom is 0.307 e. The predicted octanol–water partition coefficient (Wildman–Crippen LogP) is 4.87. The lowest BCUT2D eigenvalue weighted by Gasteiger charge is -2.40. The van der Waals surface area contributed by atoms with Crippen LogP contribution >= 0.6 is 0 Å². The predicted molar refractivity (Wildman–Crippen MR) is 138 cm³/mol. The lowest BCUT2D eigenvalue weighted by Crippen LogP contribution is -2.44. The fraction of sp³-hybridized carbons (Fsp3) is 0.462. The van der Waals surface area contributed by atoms with E-state index in [-0.39, 0.29) is 29.4 Å². The molecule has 0 radical (unpaired) electrons. The van der Waals surface area contributed by atoms with E-state index in [0.29, 0.717) is 18.6 Å². The average Bonchev–Trinajstić information content (AvgIpc) is 2.72. The number of benzene rings is 2. The number of anilines is 1. The van der Waals surface area contributed by atoms with Crippen LogP contribution in [0.3, 0.4) is 0 Å². The first-order chi connectivity index (χ1) is 15.8. The number of hydrogen-bond donors (Lipinski definition) is 4. The minimum absolute atomic E-state index is 0.00416. The second-order valence-electron chi connectivity index (χ2n) is 10.3. The molecule has 2 atom stereocenters. The van der Waals surface area contributed by atoms with Crippen LogP contribution in [0.4, 0.5) is 5.69 Å². The smallest absolute Gasteiger partial charge is 0.307 e. The van der Waals surface area contributed by atoms with Crippen molar-refractivity contribution in [2.75, 3.05) is 11.9 Å². The van der Waals surface area contributed by atoms with Gasteiger partial charge in [0.25, 0.3) is 0 Å². The molecule has 0 aliphatic carbocycles. The summed E-state index contributed by atoms with van der Waals surface area (Å²) in [7, 11) is -2.12. The van der Waals surface area contributed by atoms with Crippen molar-refractivity contribution < 1.29 is 24.2 Å². The summed E-state index contributed by atoms with van der Waals surface area (Å²) in [6.07, 6.45) is 1.03. The largest absolute Gasteiger partial charge is 0.506 e. The van der Waals surface area contributed by atoms with Gasteiger partial charge >= 0.3 is 5.97 Å². The Morgan fingerprint density at radius 3 is 2.44 bits per heavy atom. The molecular weight excluding hydrogens is 448 g/mol. The highest BCUT2D eigenvalue weighted by molar-refractivity contribution is 6.74. The first-order valence-electron chi connectivity index (χ1n) is 11.6. The first-order valence-corrected chi connectivity index (χ1v) is 14.5. The summed E-state index contributed by atoms with van der Waals surface area (Å²) in [4.78, 5) is 22.0. The van der Waals surface area contributed by atoms with E-state index in [9.17, 15) is 14.7 Å². The third kappa shape index (κ3) is 7.97. The van der Waals surface area contributed by atoms with Crippen LogP contribution in [-0.4, -0.2) is 43.5 Å². The number of phenols is 1. The van der Waals surface area contributed by atoms with Crippen molar-refractivity contribution in [3.05, 3.63) is 59.2 Å². The topological polar surface area (TPSA) is 108 Å². The fourth-order valence-electron chi connectivity index (χ4n) is 3.47. The molecule has 0 aliphatic heterocycles. The van der Waals surface area contributed by atoms with Crippen molar-refractivity contribution in [1.82, 2.24) is 5.32 Å². The molecule has 0 aromatic heterocycles. The van der Waals surface area contributed by atoms with Gasteiger partial charge in [0, 0.05) is 12.6 Å². The molecule has 4 N–H and O–H groups in total. The van der Waals surface area contributed by atoms with E-state index in [1.165, 1.54) is 0 Å². The fourth-order valence-corrected chi connectivity index (χ4v) is 4.75. The number of carboxylic acid groups (broad SMARTS) is 1. The minimum Gasteiger partial charge on any atom is -0.506 e. The van der Waals surface area contributed by atoms with Crippen molar-refractivity contribution >= 4 is 26.4 Å². The van der Waals surface area contributed by atoms with Crippen molar-refractivity contribution in [2.45, 2.75) is 70.8 Å². The van der Waals surface area contributed by atoms with E-state index >= 15 is 0 Å². The van der Waals surface area contributed by atoms with Gasteiger partial charge in [-0.05, 0) is 60.3 Å². The van der Waals surface area contributed by atoms with Crippen molar-refractivity contribution in [3.8, 4) is 5.75 Å². The zero-order valence-electron chi connectivity index (χ0n) is 21.0. The molecule has 0 spiro atoms. The standard InChI is InChI=1S/C26H38N2O5Si/c1-18(12-19-8-7-9-20(13-19)14-25(31)32)27-16-24(33-34(5,6)26(2,3)4)21-10-11-23(30)22(15-21)28-17-29/h7-11,13,15,17-18,24,27,30H,12,14,16H2,1-6H3,(H,28,29)(H,31,32)/t18-,24+/m1/s1. The Morgan fingerprint density at radius 1 is 1.15 bits per heavy atom. The van der Waals surface area contributed by atoms with Gasteiger partial charge in [-0.1, -0.05) is 51.1 Å². The highest BCUT2D eigenvalue weighted by atomic mass is 28.4. The van der Waals surface area contributed by atoms with E-state index in [1.807, 2.05) is 30.3 Å². The molecular formula is C26H38N2O5Si. The van der Waals surface area contributed by atoms with Crippen LogP contribution in [0.5, 0.6) is 5.75 Å². The van der Waals surface area contributed by atoms with E-state index in [1.54, 1.807) is 12.1 Å². The number of carbonyl (C=O) groups excluding carboxylic acids is 1. The van der Waals surface area contributed by atoms with Gasteiger partial charge in [0.05, 0.1) is 18.2 Å². The number of amides is 1. The van der Waals surface area contributed by atoms with Crippen molar-refractivity contribution in [3.63, 3.8) is 0 Å². The summed E-state index contributed by atoms with van der Waals surface area (Å²) < 4.78 is 6.74. The van der Waals surface area contributed by atoms with Gasteiger partial charge in [-0.2, -0.15) is 0 Å². The lowest BCUT2D eigenvalue weighted by molar-refractivity contribution is -0.136. The molecule has 0 bridgehead atoms. The summed E-state index contributed by atoms with van der Waals surface area (Å²) in [5.74, 6) is -0.837. The highest BCUT2D eigenvalue weighted by Gasteiger charge is 2.39. The maximum atomic E-state index is 11.0. The van der Waals surface area contributed by atoms with E-state index in [0.717, 1.165) is 23.1 Å². The molecule has 8 heteroatoms. The van der Waals surface area contributed by atoms with Gasteiger partial charge in [-0.25, -0.2) is 0 Å². The summed E-state index contributed by atoms with van der Waals surface area (Å²) >= 11 is 0. The van der Waals surface area contributed by atoms with Gasteiger partial charge < -0.3 is 25.3 Å². The van der Waals surface area contributed by atoms with Crippen molar-refractivity contribution in [2.24, 2.45) is 0 Å². The van der Waals surface area contributed by atoms with Crippen LogP contribution in [0.1, 0.15) is 50.5 Å². The molecule has 2 aromatic rings. The Bertz CT molecular complexity index is 987. The molecule has 0 heterocycles. The summed E-state index contributed by atoms with van der Waals surface area (Å²) in [6, 6.07) is 12.9. The molecule has 0 unspecified atom stereocenters. The normalized spacial score (nSPS) is 13.8. The number of phenolic OH excluding ortho intramolecular Hbond substituents is 1. The van der Waals surface area contributed by atoms with Crippen LogP contribution in [0.25, 0.3) is 0 Å². The summed E-state index contributed by atoms with van der Waals surface area (Å²) in [5.41, 5.74) is 3.08. The number of carbonyl (C=O) groups is 2. The SMILES string of the molecule is C[C@H](Cc1cccc(CC(=O)O)c1)NC[C@H](O[Si](C)(C)C(C)(C)C)c1ccc(O)c(NC=O)c1. The molecule has 0 saturated carbocycles. The van der Waals surface area contributed by atoms with Gasteiger partial charge in [0.15, 0.2) is 8.32 Å². The van der Waals surface area contributed by atoms with E-state index in [4.69, 9.17) is 9.53 Å². The van der Waals surface area contributed by atoms with E-state index < -0.39 is 14.3 Å². The molecule has 1 amide bonds. The minimum atomic E-state index is -2.12. The zero-order valence-corrected chi connectivity index (χ0v) is 22.0. The van der Waals surface area contributed by atoms with Gasteiger partial charge in [0.2, 0.25) is 6.41 Å². The molecule has 34 heavy (non-hydrogen) atoms. The highest BCUT2D eigenvalue weighted by Crippen LogP contribution is 2.40. The van der Waals surface area contributed by atoms with Gasteiger partial charge in [-0.3, -0.25) is 9.59 Å². The molecule has 0 aliphatic rings. The number of hydrogen-bond acceptors (Lipinski definition) is 5. The van der Waals surface area contributed by atoms with E-state index in [2.05, 4.69) is 51.4 Å². The number of aromatic hydroxyl groups is 1. The first kappa shape index (κ1) is 27.6. The molecule has 0 saturated heterocycles. The second kappa shape index (κ2) is 11.6. The Balaban J connectivity index is 2.19. The maximum absolute atomic E-state index is 11.0. The summed E-state index contributed by atoms with van der Waals surface area (Å²) in [5, 5.41) is 25.2. The quantitative estimate of drug-likeness (QED) is 0.194. The third-order valence-corrected chi connectivity index (χ3v) is 10.9. The molecule has 2 rings (SSSR count). The Labute approximate surface area is 203 Å². The Kier molecular flexibility index (Phi) is 9.43. The molecule has 186 valence electrons. The van der Waals surface area contributed by atoms with Gasteiger partial charge in [-0.15, -0.1) is 0 Å². The Morgan fingerprint density at radius 2 is 1.82 bits per heavy atom. The monoisotopic (exact) mass is 486 g/mol. The van der Waals surface area contributed by atoms with Crippen LogP contribution in [-0.2, 0) is 26.9 Å². The lowest BCUT2D eigenvalue weighted by atomic mass is 10.0. The third-order valence-electron chi connectivity index (χ3n) is 6.39. The van der Waals surface area contributed by atoms with Crippen LogP contribution < -0.4 is 10.6 Å². The second-order valence-corrected chi connectivity index (χ2v) is 15.1. The number of carboxylic acids is 1. The van der Waals surface area contributed by atoms with Crippen molar-refractivity contribution in [1.29, 1.82) is 0 Å². The summed E-state index contributed by atoms with van der Waals surface area (Å²) in [6.45, 7) is 13.6.